The molecule has 5 nitrogen and oxygen atoms in total. The van der Waals surface area contributed by atoms with E-state index in [0.29, 0.717) is 6.54 Å². The molecule has 0 aliphatic carbocycles. The van der Waals surface area contributed by atoms with Crippen LogP contribution in [0.25, 0.3) is 0 Å². The Bertz CT molecular complexity index is 282. The molecule has 0 atom stereocenters. The lowest BCUT2D eigenvalue weighted by atomic mass is 10.0. The van der Waals surface area contributed by atoms with E-state index in [2.05, 4.69) is 5.32 Å². The number of primary amides is 1. The van der Waals surface area contributed by atoms with Crippen LogP contribution in [0.5, 0.6) is 0 Å². The maximum Gasteiger partial charge on any atom is 0.330 e. The normalized spacial score (nSPS) is 12.6. The van der Waals surface area contributed by atoms with Gasteiger partial charge in [0.15, 0.2) is 0 Å². The van der Waals surface area contributed by atoms with Gasteiger partial charge in [0.1, 0.15) is 0 Å². The molecule has 0 aromatic carbocycles. The first-order valence-corrected chi connectivity index (χ1v) is 4.68. The van der Waals surface area contributed by atoms with Crippen LogP contribution in [0.3, 0.4) is 0 Å². The van der Waals surface area contributed by atoms with Crippen molar-refractivity contribution in [2.45, 2.75) is 32.7 Å². The summed E-state index contributed by atoms with van der Waals surface area (Å²) in [6.45, 7) is 5.59. The van der Waals surface area contributed by atoms with Crippen LogP contribution in [-0.2, 0) is 9.59 Å². The number of aliphatic carboxylic acids is 1. The molecular weight excluding hydrogens is 196 g/mol. The zero-order chi connectivity index (χ0) is 12.1. The van der Waals surface area contributed by atoms with Gasteiger partial charge in [0.05, 0.1) is 0 Å². The predicted molar refractivity (Wildman–Crippen MR) is 57.3 cm³/mol. The van der Waals surface area contributed by atoms with Crippen LogP contribution < -0.4 is 11.1 Å². The first-order valence-electron chi connectivity index (χ1n) is 4.68. The Morgan fingerprint density at radius 1 is 1.47 bits per heavy atom. The smallest absolute Gasteiger partial charge is 0.330 e. The van der Waals surface area contributed by atoms with E-state index in [1.54, 1.807) is 6.08 Å². The van der Waals surface area contributed by atoms with E-state index >= 15 is 0 Å². The molecule has 86 valence electrons. The molecule has 0 aromatic heterocycles. The number of carboxylic acid groups (broad SMARTS) is 1. The Hall–Kier alpha value is -1.36. The number of carboxylic acids is 1. The van der Waals surface area contributed by atoms with Crippen LogP contribution in [-0.4, -0.2) is 29.1 Å². The van der Waals surface area contributed by atoms with E-state index in [1.165, 1.54) is 6.92 Å². The first kappa shape index (κ1) is 13.6. The quantitative estimate of drug-likeness (QED) is 0.553. The summed E-state index contributed by atoms with van der Waals surface area (Å²) >= 11 is 0. The Labute approximate surface area is 89.3 Å². The Morgan fingerprint density at radius 3 is 2.40 bits per heavy atom. The maximum absolute atomic E-state index is 10.7. The van der Waals surface area contributed by atoms with Gasteiger partial charge in [-0.15, -0.1) is 0 Å². The van der Waals surface area contributed by atoms with Gasteiger partial charge in [-0.3, -0.25) is 4.79 Å². The van der Waals surface area contributed by atoms with Gasteiger partial charge in [0.2, 0.25) is 5.91 Å². The number of rotatable bonds is 6. The maximum atomic E-state index is 10.7. The second-order valence-corrected chi connectivity index (χ2v) is 4.10. The average Bonchev–Trinajstić information content (AvgIpc) is 2.00. The van der Waals surface area contributed by atoms with Gasteiger partial charge in [0.25, 0.3) is 0 Å². The number of hydrogen-bond donors (Lipinski definition) is 3. The van der Waals surface area contributed by atoms with E-state index in [-0.39, 0.29) is 17.9 Å². The highest BCUT2D eigenvalue weighted by atomic mass is 16.4. The molecule has 0 aromatic rings. The molecule has 0 radical (unpaired) electrons. The minimum absolute atomic E-state index is 0.215. The molecule has 5 heteroatoms. The third-order valence-corrected chi connectivity index (χ3v) is 1.94. The minimum Gasteiger partial charge on any atom is -0.478 e. The van der Waals surface area contributed by atoms with Crippen molar-refractivity contribution in [1.82, 2.24) is 5.32 Å². The van der Waals surface area contributed by atoms with Crippen LogP contribution in [0.4, 0.5) is 0 Å². The van der Waals surface area contributed by atoms with Crippen LogP contribution in [0.2, 0.25) is 0 Å². The minimum atomic E-state index is -0.940. The Kier molecular flexibility index (Phi) is 5.00. The number of nitrogens with two attached hydrogens (primary N) is 1. The van der Waals surface area contributed by atoms with Crippen LogP contribution in [0.1, 0.15) is 27.2 Å². The van der Waals surface area contributed by atoms with Crippen molar-refractivity contribution >= 4 is 11.9 Å². The summed E-state index contributed by atoms with van der Waals surface area (Å²) in [6, 6.07) is 0. The fraction of sp³-hybridized carbons (Fsp3) is 0.600. The van der Waals surface area contributed by atoms with Crippen LogP contribution in [0.15, 0.2) is 11.6 Å². The summed E-state index contributed by atoms with van der Waals surface area (Å²) in [5.74, 6) is -1.32. The van der Waals surface area contributed by atoms with Crippen molar-refractivity contribution in [2.75, 3.05) is 6.54 Å². The van der Waals surface area contributed by atoms with Gasteiger partial charge in [-0.2, -0.15) is 0 Å². The molecular formula is C10H18N2O3. The lowest BCUT2D eigenvalue weighted by Crippen LogP contribution is -2.42. The second kappa shape index (κ2) is 5.50. The average molecular weight is 214 g/mol. The molecule has 15 heavy (non-hydrogen) atoms. The molecule has 0 saturated carbocycles. The monoisotopic (exact) mass is 214 g/mol. The third-order valence-electron chi connectivity index (χ3n) is 1.94. The highest BCUT2D eigenvalue weighted by molar-refractivity contribution is 5.85. The van der Waals surface area contributed by atoms with Gasteiger partial charge >= 0.3 is 5.97 Å². The molecule has 0 saturated heterocycles. The van der Waals surface area contributed by atoms with E-state index < -0.39 is 11.5 Å². The van der Waals surface area contributed by atoms with Gasteiger partial charge in [-0.25, -0.2) is 4.79 Å². The lowest BCUT2D eigenvalue weighted by molar-refractivity contribution is -0.132. The van der Waals surface area contributed by atoms with E-state index in [4.69, 9.17) is 10.8 Å². The predicted octanol–water partition coefficient (Wildman–Crippen LogP) is 0.261. The van der Waals surface area contributed by atoms with Crippen molar-refractivity contribution < 1.29 is 14.7 Å². The SMILES string of the molecule is CC(=CCNC(C)(C)CC(N)=O)C(=O)O. The number of carbonyl (C=O) groups is 2. The molecule has 0 bridgehead atoms. The van der Waals surface area contributed by atoms with Crippen molar-refractivity contribution in [2.24, 2.45) is 5.73 Å². The third kappa shape index (κ3) is 6.68. The molecule has 0 spiro atoms. The number of amides is 1. The van der Waals surface area contributed by atoms with Gasteiger partial charge in [-0.05, 0) is 20.8 Å². The van der Waals surface area contributed by atoms with Crippen LogP contribution >= 0.6 is 0 Å². The molecule has 4 N–H and O–H groups in total. The molecule has 0 heterocycles. The summed E-state index contributed by atoms with van der Waals surface area (Å²) < 4.78 is 0. The highest BCUT2D eigenvalue weighted by Gasteiger charge is 2.18. The van der Waals surface area contributed by atoms with Crippen molar-refractivity contribution in [3.63, 3.8) is 0 Å². The van der Waals surface area contributed by atoms with Crippen molar-refractivity contribution in [1.29, 1.82) is 0 Å². The molecule has 0 rings (SSSR count). The fourth-order valence-corrected chi connectivity index (χ4v) is 1.07. The van der Waals surface area contributed by atoms with Gasteiger partial charge in [0, 0.05) is 24.1 Å². The highest BCUT2D eigenvalue weighted by Crippen LogP contribution is 2.06. The van der Waals surface area contributed by atoms with Gasteiger partial charge in [-0.1, -0.05) is 6.08 Å². The topological polar surface area (TPSA) is 92.4 Å². The summed E-state index contributed by atoms with van der Waals surface area (Å²) in [4.78, 5) is 21.2. The molecule has 1 amide bonds. The lowest BCUT2D eigenvalue weighted by Gasteiger charge is -2.23. The molecule has 0 aliphatic heterocycles. The summed E-state index contributed by atoms with van der Waals surface area (Å²) in [6.07, 6.45) is 1.78. The van der Waals surface area contributed by atoms with Crippen molar-refractivity contribution in [3.05, 3.63) is 11.6 Å². The largest absolute Gasteiger partial charge is 0.478 e. The number of nitrogens with one attached hydrogen (secondary N) is 1. The van der Waals surface area contributed by atoms with E-state index in [0.717, 1.165) is 0 Å². The van der Waals surface area contributed by atoms with Crippen LogP contribution in [0, 0.1) is 0 Å². The summed E-state index contributed by atoms with van der Waals surface area (Å²) in [5, 5.41) is 11.6. The second-order valence-electron chi connectivity index (χ2n) is 4.10. The summed E-state index contributed by atoms with van der Waals surface area (Å²) in [7, 11) is 0. The molecule has 0 unspecified atom stereocenters. The van der Waals surface area contributed by atoms with Crippen molar-refractivity contribution in [3.8, 4) is 0 Å². The number of carbonyl (C=O) groups excluding carboxylic acids is 1. The Balaban J connectivity index is 4.10. The summed E-state index contributed by atoms with van der Waals surface area (Å²) in [5.41, 5.74) is 4.93. The standard InChI is InChI=1S/C10H18N2O3/c1-7(9(14)15)4-5-12-10(2,3)6-8(11)13/h4,12H,5-6H2,1-3H3,(H2,11,13)(H,14,15). The zero-order valence-corrected chi connectivity index (χ0v) is 9.33. The first-order chi connectivity index (χ1) is 6.74. The van der Waals surface area contributed by atoms with Gasteiger partial charge < -0.3 is 16.2 Å². The number of hydrogen-bond acceptors (Lipinski definition) is 3. The molecule has 0 aliphatic rings. The fourth-order valence-electron chi connectivity index (χ4n) is 1.07. The van der Waals surface area contributed by atoms with E-state index in [9.17, 15) is 9.59 Å². The van der Waals surface area contributed by atoms with E-state index in [1.807, 2.05) is 13.8 Å². The molecule has 0 fully saturated rings. The Morgan fingerprint density at radius 2 is 2.00 bits per heavy atom. The zero-order valence-electron chi connectivity index (χ0n) is 9.33.